The molecule has 2 rings (SSSR count). The summed E-state index contributed by atoms with van der Waals surface area (Å²) in [5.41, 5.74) is 1.50. The summed E-state index contributed by atoms with van der Waals surface area (Å²) in [6.07, 6.45) is 2.15. The van der Waals surface area contributed by atoms with E-state index in [0.29, 0.717) is 17.8 Å². The maximum atomic E-state index is 12.3. The van der Waals surface area contributed by atoms with Gasteiger partial charge >= 0.3 is 0 Å². The van der Waals surface area contributed by atoms with Crippen LogP contribution in [0.15, 0.2) is 24.3 Å². The van der Waals surface area contributed by atoms with Crippen molar-refractivity contribution in [3.8, 4) is 0 Å². The Balaban J connectivity index is 0.00000288. The molecule has 1 saturated heterocycles. The van der Waals surface area contributed by atoms with Gasteiger partial charge in [-0.2, -0.15) is 0 Å². The quantitative estimate of drug-likeness (QED) is 0.762. The molecule has 6 heteroatoms. The Labute approximate surface area is 150 Å². The van der Waals surface area contributed by atoms with Crippen LogP contribution in [-0.4, -0.2) is 31.4 Å². The van der Waals surface area contributed by atoms with E-state index in [0.717, 1.165) is 25.9 Å². The second kappa shape index (κ2) is 9.04. The molecule has 1 aromatic rings. The molecule has 0 bridgehead atoms. The first-order chi connectivity index (χ1) is 10.9. The van der Waals surface area contributed by atoms with Crippen LogP contribution in [0.25, 0.3) is 0 Å². The number of rotatable bonds is 5. The van der Waals surface area contributed by atoms with Gasteiger partial charge in [0.05, 0.1) is 0 Å². The summed E-state index contributed by atoms with van der Waals surface area (Å²) in [7, 11) is 0. The normalized spacial score (nSPS) is 16.2. The van der Waals surface area contributed by atoms with Crippen LogP contribution in [0.5, 0.6) is 0 Å². The molecule has 134 valence electrons. The number of amides is 2. The predicted molar refractivity (Wildman–Crippen MR) is 99.7 cm³/mol. The maximum Gasteiger partial charge on any atom is 0.251 e. The van der Waals surface area contributed by atoms with Crippen LogP contribution < -0.4 is 16.0 Å². The van der Waals surface area contributed by atoms with Crippen LogP contribution in [0.3, 0.4) is 0 Å². The number of benzene rings is 1. The second-order valence-corrected chi connectivity index (χ2v) is 6.96. The molecule has 0 spiro atoms. The van der Waals surface area contributed by atoms with Gasteiger partial charge in [0, 0.05) is 23.7 Å². The van der Waals surface area contributed by atoms with Crippen molar-refractivity contribution in [2.24, 2.45) is 11.3 Å². The van der Waals surface area contributed by atoms with Crippen molar-refractivity contribution in [2.45, 2.75) is 33.6 Å². The average Bonchev–Trinajstić information content (AvgIpc) is 2.54. The summed E-state index contributed by atoms with van der Waals surface area (Å²) in [6.45, 7) is 8.63. The molecule has 1 aromatic carbocycles. The van der Waals surface area contributed by atoms with E-state index in [1.807, 2.05) is 13.8 Å². The minimum absolute atomic E-state index is 0. The molecule has 0 unspecified atom stereocenters. The zero-order chi connectivity index (χ0) is 16.9. The summed E-state index contributed by atoms with van der Waals surface area (Å²) >= 11 is 0. The van der Waals surface area contributed by atoms with Crippen molar-refractivity contribution in [2.75, 3.05) is 25.0 Å². The van der Waals surface area contributed by atoms with E-state index in [1.54, 1.807) is 24.3 Å². The number of nitrogens with one attached hydrogen (secondary N) is 3. The van der Waals surface area contributed by atoms with E-state index in [4.69, 9.17) is 0 Å². The van der Waals surface area contributed by atoms with Crippen LogP contribution >= 0.6 is 12.4 Å². The third-order valence-corrected chi connectivity index (χ3v) is 4.43. The molecule has 0 aliphatic carbocycles. The summed E-state index contributed by atoms with van der Waals surface area (Å²) in [6, 6.07) is 7.02. The first-order valence-electron chi connectivity index (χ1n) is 8.29. The van der Waals surface area contributed by atoms with Crippen molar-refractivity contribution in [3.05, 3.63) is 29.8 Å². The monoisotopic (exact) mass is 353 g/mol. The fourth-order valence-electron chi connectivity index (χ4n) is 2.59. The first kappa shape index (κ1) is 20.5. The number of hydrogen-bond acceptors (Lipinski definition) is 3. The van der Waals surface area contributed by atoms with Crippen molar-refractivity contribution >= 4 is 29.9 Å². The third-order valence-electron chi connectivity index (χ3n) is 4.43. The highest BCUT2D eigenvalue weighted by Crippen LogP contribution is 2.26. The molecule has 1 aliphatic rings. The molecule has 0 saturated carbocycles. The van der Waals surface area contributed by atoms with Gasteiger partial charge in [-0.1, -0.05) is 20.8 Å². The molecular formula is C18H28ClN3O2. The van der Waals surface area contributed by atoms with Gasteiger partial charge in [-0.15, -0.1) is 12.4 Å². The molecule has 24 heavy (non-hydrogen) atoms. The lowest BCUT2D eigenvalue weighted by atomic mass is 9.81. The summed E-state index contributed by atoms with van der Waals surface area (Å²) in [5, 5.41) is 9.19. The Hall–Kier alpha value is -1.59. The lowest BCUT2D eigenvalue weighted by molar-refractivity contribution is -0.118. The van der Waals surface area contributed by atoms with E-state index >= 15 is 0 Å². The second-order valence-electron chi connectivity index (χ2n) is 6.96. The number of hydrogen-bond donors (Lipinski definition) is 3. The van der Waals surface area contributed by atoms with Crippen LogP contribution in [0, 0.1) is 11.3 Å². The Kier molecular flexibility index (Phi) is 7.70. The topological polar surface area (TPSA) is 70.2 Å². The number of carbonyl (C=O) groups excluding carboxylic acids is 2. The fraction of sp³-hybridized carbons (Fsp3) is 0.556. The van der Waals surface area contributed by atoms with Crippen molar-refractivity contribution < 1.29 is 9.59 Å². The predicted octanol–water partition coefficient (Wildman–Crippen LogP) is 2.82. The van der Waals surface area contributed by atoms with Gasteiger partial charge in [-0.05, 0) is 55.6 Å². The lowest BCUT2D eigenvalue weighted by Gasteiger charge is -2.34. The molecule has 5 nitrogen and oxygen atoms in total. The minimum Gasteiger partial charge on any atom is -0.351 e. The van der Waals surface area contributed by atoms with Crippen LogP contribution in [0.4, 0.5) is 5.69 Å². The highest BCUT2D eigenvalue weighted by atomic mass is 35.5. The largest absolute Gasteiger partial charge is 0.351 e. The highest BCUT2D eigenvalue weighted by Gasteiger charge is 2.27. The molecule has 1 heterocycles. The van der Waals surface area contributed by atoms with E-state index < -0.39 is 0 Å². The Bertz CT molecular complexity index is 552. The number of carbonyl (C=O) groups is 2. The molecule has 2 amide bonds. The van der Waals surface area contributed by atoms with E-state index in [1.165, 1.54) is 0 Å². The third kappa shape index (κ3) is 5.80. The van der Waals surface area contributed by atoms with Gasteiger partial charge in [0.15, 0.2) is 0 Å². The molecular weight excluding hydrogens is 326 g/mol. The SMILES string of the molecule is CC(C)C(=O)Nc1ccc(C(=O)NCC2(C)CCNCC2)cc1.Cl. The van der Waals surface area contributed by atoms with E-state index in [-0.39, 0.29) is 35.6 Å². The smallest absolute Gasteiger partial charge is 0.251 e. The van der Waals surface area contributed by atoms with Crippen molar-refractivity contribution in [1.82, 2.24) is 10.6 Å². The van der Waals surface area contributed by atoms with E-state index in [9.17, 15) is 9.59 Å². The fourth-order valence-corrected chi connectivity index (χ4v) is 2.59. The molecule has 0 atom stereocenters. The molecule has 0 radical (unpaired) electrons. The maximum absolute atomic E-state index is 12.3. The van der Waals surface area contributed by atoms with Crippen LogP contribution in [0.2, 0.25) is 0 Å². The Morgan fingerprint density at radius 2 is 1.75 bits per heavy atom. The lowest BCUT2D eigenvalue weighted by Crippen LogP contribution is -2.42. The molecule has 0 aromatic heterocycles. The van der Waals surface area contributed by atoms with Gasteiger partial charge in [0.2, 0.25) is 5.91 Å². The number of anilines is 1. The zero-order valence-electron chi connectivity index (χ0n) is 14.6. The van der Waals surface area contributed by atoms with Gasteiger partial charge in [-0.25, -0.2) is 0 Å². The Morgan fingerprint density at radius 1 is 1.17 bits per heavy atom. The van der Waals surface area contributed by atoms with Gasteiger partial charge < -0.3 is 16.0 Å². The summed E-state index contributed by atoms with van der Waals surface area (Å²) in [4.78, 5) is 23.9. The number of halogens is 1. The van der Waals surface area contributed by atoms with E-state index in [2.05, 4.69) is 22.9 Å². The van der Waals surface area contributed by atoms with Crippen LogP contribution in [0.1, 0.15) is 44.0 Å². The number of piperidine rings is 1. The standard InChI is InChI=1S/C18H27N3O2.ClH/c1-13(2)16(22)21-15-6-4-14(5-7-15)17(23)20-12-18(3)8-10-19-11-9-18;/h4-7,13,19H,8-12H2,1-3H3,(H,20,23)(H,21,22);1H. The molecule has 1 aliphatic heterocycles. The summed E-state index contributed by atoms with van der Waals surface area (Å²) < 4.78 is 0. The average molecular weight is 354 g/mol. The van der Waals surface area contributed by atoms with Crippen LogP contribution in [-0.2, 0) is 4.79 Å². The van der Waals surface area contributed by atoms with Gasteiger partial charge in [0.1, 0.15) is 0 Å². The molecule has 1 fully saturated rings. The minimum atomic E-state index is -0.0660. The summed E-state index contributed by atoms with van der Waals surface area (Å²) in [5.74, 6) is -0.156. The van der Waals surface area contributed by atoms with Gasteiger partial charge in [0.25, 0.3) is 5.91 Å². The van der Waals surface area contributed by atoms with Gasteiger partial charge in [-0.3, -0.25) is 9.59 Å². The first-order valence-corrected chi connectivity index (χ1v) is 8.29. The molecule has 3 N–H and O–H groups in total. The van der Waals surface area contributed by atoms with Crippen molar-refractivity contribution in [3.63, 3.8) is 0 Å². The highest BCUT2D eigenvalue weighted by molar-refractivity contribution is 5.96. The Morgan fingerprint density at radius 3 is 2.29 bits per heavy atom. The zero-order valence-corrected chi connectivity index (χ0v) is 15.5. The van der Waals surface area contributed by atoms with Crippen molar-refractivity contribution in [1.29, 1.82) is 0 Å².